The van der Waals surface area contributed by atoms with Gasteiger partial charge in [-0.3, -0.25) is 4.68 Å². The molecule has 0 saturated heterocycles. The van der Waals surface area contributed by atoms with Crippen LogP contribution in [0.3, 0.4) is 0 Å². The molecule has 4 rings (SSSR count). The van der Waals surface area contributed by atoms with Crippen LogP contribution in [0.4, 0.5) is 5.82 Å². The van der Waals surface area contributed by atoms with Crippen LogP contribution in [-0.2, 0) is 31.4 Å². The number of nitrogens with zero attached hydrogens (tertiary/aromatic N) is 5. The number of rotatable bonds is 6. The number of ether oxygens (including phenoxy) is 2. The molecule has 3 heterocycles. The Hall–Kier alpha value is -2.15. The quantitative estimate of drug-likeness (QED) is 0.804. The second-order valence-corrected chi connectivity index (χ2v) is 6.54. The summed E-state index contributed by atoms with van der Waals surface area (Å²) in [5.41, 5.74) is 3.67. The maximum Gasteiger partial charge on any atom is 0.218 e. The zero-order valence-corrected chi connectivity index (χ0v) is 14.2. The van der Waals surface area contributed by atoms with Gasteiger partial charge in [0.15, 0.2) is 0 Å². The summed E-state index contributed by atoms with van der Waals surface area (Å²) in [6, 6.07) is 1.88. The van der Waals surface area contributed by atoms with Crippen molar-refractivity contribution in [2.45, 2.75) is 32.4 Å². The lowest BCUT2D eigenvalue weighted by molar-refractivity contribution is 0.108. The summed E-state index contributed by atoms with van der Waals surface area (Å²) in [4.78, 5) is 10.7. The summed E-state index contributed by atoms with van der Waals surface area (Å²) in [6.07, 6.45) is 5.14. The molecule has 128 valence electrons. The number of hydrogen-bond donors (Lipinski definition) is 0. The summed E-state index contributed by atoms with van der Waals surface area (Å²) in [5, 5.41) is 4.68. The zero-order chi connectivity index (χ0) is 16.5. The van der Waals surface area contributed by atoms with Gasteiger partial charge in [-0.1, -0.05) is 0 Å². The van der Waals surface area contributed by atoms with E-state index in [1.807, 2.05) is 17.8 Å². The molecule has 1 aliphatic carbocycles. The van der Waals surface area contributed by atoms with E-state index >= 15 is 0 Å². The maximum atomic E-state index is 5.84. The molecule has 0 aromatic carbocycles. The van der Waals surface area contributed by atoms with Crippen molar-refractivity contribution < 1.29 is 9.47 Å². The minimum Gasteiger partial charge on any atom is -0.481 e. The molecule has 0 atom stereocenters. The molecule has 1 aliphatic heterocycles. The van der Waals surface area contributed by atoms with Gasteiger partial charge in [0, 0.05) is 31.8 Å². The van der Waals surface area contributed by atoms with E-state index < -0.39 is 0 Å². The normalized spacial score (nSPS) is 17.0. The molecular formula is C17H23N5O2. The number of fused-ring (bicyclic) bond motifs is 1. The van der Waals surface area contributed by atoms with Crippen LogP contribution in [0, 0.1) is 5.92 Å². The highest BCUT2D eigenvalue weighted by Gasteiger charge is 2.26. The topological polar surface area (TPSA) is 65.3 Å². The van der Waals surface area contributed by atoms with Gasteiger partial charge < -0.3 is 14.4 Å². The van der Waals surface area contributed by atoms with Gasteiger partial charge in [-0.25, -0.2) is 9.97 Å². The second-order valence-electron chi connectivity index (χ2n) is 6.54. The van der Waals surface area contributed by atoms with Gasteiger partial charge in [0.05, 0.1) is 31.6 Å². The van der Waals surface area contributed by atoms with E-state index in [0.29, 0.717) is 12.5 Å². The minimum atomic E-state index is 0.588. The first kappa shape index (κ1) is 15.4. The molecule has 1 saturated carbocycles. The highest BCUT2D eigenvalue weighted by molar-refractivity contribution is 5.45. The molecule has 1 fully saturated rings. The molecule has 0 unspecified atom stereocenters. The largest absolute Gasteiger partial charge is 0.481 e. The number of methoxy groups -OCH3 is 1. The Kier molecular flexibility index (Phi) is 4.10. The third kappa shape index (κ3) is 3.08. The number of anilines is 1. The van der Waals surface area contributed by atoms with Gasteiger partial charge in [-0.05, 0) is 25.2 Å². The average molecular weight is 329 g/mol. The predicted molar refractivity (Wildman–Crippen MR) is 88.9 cm³/mol. The van der Waals surface area contributed by atoms with Crippen molar-refractivity contribution in [3.8, 4) is 5.88 Å². The van der Waals surface area contributed by atoms with Crippen LogP contribution in [-0.4, -0.2) is 40.0 Å². The fraction of sp³-hybridized carbons (Fsp3) is 0.588. The predicted octanol–water partition coefficient (Wildman–Crippen LogP) is 1.71. The third-order valence-electron chi connectivity index (χ3n) is 4.78. The number of aromatic nitrogens is 4. The van der Waals surface area contributed by atoms with Crippen molar-refractivity contribution in [3.05, 3.63) is 29.3 Å². The lowest BCUT2D eigenvalue weighted by Gasteiger charge is -2.28. The van der Waals surface area contributed by atoms with Crippen LogP contribution < -0.4 is 9.64 Å². The standard InChI is InChI=1S/C17H23N5O2/c1-21-15-8-22(16-7-17(23-2)19-11-18-16)6-5-13(15)14(20-21)10-24-9-12-3-4-12/h7,11-12H,3-6,8-10H2,1-2H3. The van der Waals surface area contributed by atoms with Crippen LogP contribution in [0.2, 0.25) is 0 Å². The Morgan fingerprint density at radius 2 is 2.17 bits per heavy atom. The Morgan fingerprint density at radius 1 is 1.29 bits per heavy atom. The fourth-order valence-electron chi connectivity index (χ4n) is 3.19. The molecule has 0 bridgehead atoms. The van der Waals surface area contributed by atoms with Crippen molar-refractivity contribution in [1.29, 1.82) is 0 Å². The van der Waals surface area contributed by atoms with Gasteiger partial charge in [-0.15, -0.1) is 0 Å². The summed E-state index contributed by atoms with van der Waals surface area (Å²) < 4.78 is 13.0. The van der Waals surface area contributed by atoms with E-state index in [1.165, 1.54) is 24.1 Å². The monoisotopic (exact) mass is 329 g/mol. The van der Waals surface area contributed by atoms with Gasteiger partial charge >= 0.3 is 0 Å². The van der Waals surface area contributed by atoms with E-state index in [1.54, 1.807) is 13.4 Å². The van der Waals surface area contributed by atoms with Crippen LogP contribution in [0.25, 0.3) is 0 Å². The van der Waals surface area contributed by atoms with E-state index in [2.05, 4.69) is 20.0 Å². The Morgan fingerprint density at radius 3 is 2.96 bits per heavy atom. The molecule has 0 amide bonds. The number of aryl methyl sites for hydroxylation is 1. The number of hydrogen-bond acceptors (Lipinski definition) is 6. The molecule has 2 aromatic heterocycles. The van der Waals surface area contributed by atoms with Crippen LogP contribution in [0.15, 0.2) is 12.4 Å². The summed E-state index contributed by atoms with van der Waals surface area (Å²) >= 11 is 0. The third-order valence-corrected chi connectivity index (χ3v) is 4.78. The van der Waals surface area contributed by atoms with E-state index in [4.69, 9.17) is 9.47 Å². The van der Waals surface area contributed by atoms with Crippen molar-refractivity contribution >= 4 is 5.82 Å². The molecule has 0 spiro atoms. The first-order chi connectivity index (χ1) is 11.7. The SMILES string of the molecule is COc1cc(N2CCc3c(COCC4CC4)nn(C)c3C2)ncn1. The molecule has 24 heavy (non-hydrogen) atoms. The molecule has 0 N–H and O–H groups in total. The van der Waals surface area contributed by atoms with E-state index in [-0.39, 0.29) is 0 Å². The molecule has 2 aromatic rings. The smallest absolute Gasteiger partial charge is 0.218 e. The Labute approximate surface area is 141 Å². The van der Waals surface area contributed by atoms with Crippen LogP contribution in [0.1, 0.15) is 29.8 Å². The minimum absolute atomic E-state index is 0.588. The molecule has 7 heteroatoms. The van der Waals surface area contributed by atoms with Crippen molar-refractivity contribution in [2.24, 2.45) is 13.0 Å². The Bertz CT molecular complexity index is 726. The van der Waals surface area contributed by atoms with Crippen LogP contribution >= 0.6 is 0 Å². The van der Waals surface area contributed by atoms with Gasteiger partial charge in [-0.2, -0.15) is 5.10 Å². The van der Waals surface area contributed by atoms with E-state index in [0.717, 1.165) is 43.5 Å². The lowest BCUT2D eigenvalue weighted by Crippen LogP contribution is -2.32. The zero-order valence-electron chi connectivity index (χ0n) is 14.2. The fourth-order valence-corrected chi connectivity index (χ4v) is 3.19. The summed E-state index contributed by atoms with van der Waals surface area (Å²) in [6.45, 7) is 3.20. The van der Waals surface area contributed by atoms with Gasteiger partial charge in [0.2, 0.25) is 5.88 Å². The first-order valence-corrected chi connectivity index (χ1v) is 8.47. The van der Waals surface area contributed by atoms with Crippen LogP contribution in [0.5, 0.6) is 5.88 Å². The lowest BCUT2D eigenvalue weighted by atomic mass is 10.0. The summed E-state index contributed by atoms with van der Waals surface area (Å²) in [7, 11) is 3.63. The maximum absolute atomic E-state index is 5.84. The molecule has 7 nitrogen and oxygen atoms in total. The van der Waals surface area contributed by atoms with Crippen molar-refractivity contribution in [2.75, 3.05) is 25.2 Å². The van der Waals surface area contributed by atoms with E-state index in [9.17, 15) is 0 Å². The van der Waals surface area contributed by atoms with Gasteiger partial charge in [0.25, 0.3) is 0 Å². The first-order valence-electron chi connectivity index (χ1n) is 8.47. The average Bonchev–Trinajstić information content (AvgIpc) is 3.39. The summed E-state index contributed by atoms with van der Waals surface area (Å²) in [5.74, 6) is 2.26. The van der Waals surface area contributed by atoms with Gasteiger partial charge in [0.1, 0.15) is 12.1 Å². The highest BCUT2D eigenvalue weighted by Crippen LogP contribution is 2.30. The second kappa shape index (κ2) is 6.39. The Balaban J connectivity index is 1.48. The van der Waals surface area contributed by atoms with Crippen molar-refractivity contribution in [1.82, 2.24) is 19.7 Å². The van der Waals surface area contributed by atoms with Crippen molar-refractivity contribution in [3.63, 3.8) is 0 Å². The highest BCUT2D eigenvalue weighted by atomic mass is 16.5. The molecule has 0 radical (unpaired) electrons. The molecule has 2 aliphatic rings. The molecular weight excluding hydrogens is 306 g/mol.